The number of fused-ring (bicyclic) bond motifs is 2. The second-order valence-electron chi connectivity index (χ2n) is 12.4. The quantitative estimate of drug-likeness (QED) is 0.337. The van der Waals surface area contributed by atoms with E-state index in [9.17, 15) is 9.18 Å². The number of ether oxygens (including phenoxy) is 2. The molecule has 2 aromatic carbocycles. The molecule has 1 saturated heterocycles. The summed E-state index contributed by atoms with van der Waals surface area (Å²) in [5, 5.41) is 0. The molecular formula is C33H45FN4O3. The van der Waals surface area contributed by atoms with Crippen molar-refractivity contribution in [3.05, 3.63) is 64.2 Å². The second-order valence-corrected chi connectivity index (χ2v) is 12.4. The summed E-state index contributed by atoms with van der Waals surface area (Å²) in [4.78, 5) is 26.0. The number of hydrogen-bond donors (Lipinski definition) is 1. The van der Waals surface area contributed by atoms with E-state index < -0.39 is 5.60 Å². The number of nitrogens with one attached hydrogen (secondary N) is 1. The van der Waals surface area contributed by atoms with Crippen LogP contribution in [0.25, 0.3) is 11.0 Å². The number of hydrogen-bond acceptors (Lipinski definition) is 5. The van der Waals surface area contributed by atoms with Crippen molar-refractivity contribution in [3.8, 4) is 0 Å². The minimum Gasteiger partial charge on any atom is -0.442 e. The molecule has 41 heavy (non-hydrogen) atoms. The lowest BCUT2D eigenvalue weighted by atomic mass is 9.65. The fourth-order valence-corrected chi connectivity index (χ4v) is 6.81. The first-order chi connectivity index (χ1) is 19.7. The predicted octanol–water partition coefficient (Wildman–Crippen LogP) is 6.17. The van der Waals surface area contributed by atoms with Crippen LogP contribution >= 0.6 is 0 Å². The third-order valence-electron chi connectivity index (χ3n) is 9.03. The number of carbonyl (C=O) groups is 1. The first kappa shape index (κ1) is 29.5. The van der Waals surface area contributed by atoms with Gasteiger partial charge in [0.15, 0.2) is 0 Å². The van der Waals surface area contributed by atoms with Crippen LogP contribution in [0.1, 0.15) is 67.1 Å². The van der Waals surface area contributed by atoms with Crippen LogP contribution in [0, 0.1) is 25.6 Å². The van der Waals surface area contributed by atoms with Crippen LogP contribution in [0.2, 0.25) is 0 Å². The van der Waals surface area contributed by atoms with Crippen LogP contribution in [0.4, 0.5) is 9.18 Å². The minimum atomic E-state index is -0.656. The molecule has 5 rings (SSSR count). The molecule has 1 aliphatic heterocycles. The van der Waals surface area contributed by atoms with E-state index in [0.717, 1.165) is 60.3 Å². The zero-order valence-electron chi connectivity index (χ0n) is 25.3. The second kappa shape index (κ2) is 12.5. The zero-order chi connectivity index (χ0) is 29.1. The molecule has 2 heterocycles. The lowest BCUT2D eigenvalue weighted by molar-refractivity contribution is -0.0670. The highest BCUT2D eigenvalue weighted by atomic mass is 19.1. The molecule has 222 valence electrons. The molecule has 1 aliphatic carbocycles. The van der Waals surface area contributed by atoms with Crippen LogP contribution < -0.4 is 0 Å². The molecule has 2 aliphatic rings. The minimum absolute atomic E-state index is 0.00716. The fourth-order valence-electron chi connectivity index (χ4n) is 6.81. The van der Waals surface area contributed by atoms with Crippen molar-refractivity contribution in [2.45, 2.75) is 71.3 Å². The molecule has 2 atom stereocenters. The molecule has 0 bridgehead atoms. The molecule has 1 amide bonds. The number of carbonyl (C=O) groups excluding carboxylic acids is 1. The van der Waals surface area contributed by atoms with Gasteiger partial charge in [-0.25, -0.2) is 14.2 Å². The van der Waals surface area contributed by atoms with Crippen LogP contribution in [0.15, 0.2) is 30.3 Å². The molecule has 1 aromatic heterocycles. The van der Waals surface area contributed by atoms with Crippen LogP contribution in [0.5, 0.6) is 0 Å². The fraction of sp³-hybridized carbons (Fsp3) is 0.576. The summed E-state index contributed by atoms with van der Waals surface area (Å²) in [6.07, 6.45) is 3.70. The topological polar surface area (TPSA) is 70.7 Å². The zero-order valence-corrected chi connectivity index (χ0v) is 25.3. The predicted molar refractivity (Wildman–Crippen MR) is 160 cm³/mol. The molecule has 7 nitrogen and oxygen atoms in total. The van der Waals surface area contributed by atoms with E-state index in [0.29, 0.717) is 39.1 Å². The number of imidazole rings is 1. The number of nitrogens with zero attached hydrogens (tertiary/aromatic N) is 3. The first-order valence-corrected chi connectivity index (χ1v) is 15.1. The Morgan fingerprint density at radius 1 is 1.20 bits per heavy atom. The van der Waals surface area contributed by atoms with Gasteiger partial charge in [-0.05, 0) is 87.0 Å². The Hall–Kier alpha value is -2.97. The normalized spacial score (nSPS) is 21.1. The maximum atomic E-state index is 14.1. The summed E-state index contributed by atoms with van der Waals surface area (Å²) in [5.74, 6) is 1.03. The highest BCUT2D eigenvalue weighted by Crippen LogP contribution is 2.48. The van der Waals surface area contributed by atoms with Gasteiger partial charge >= 0.3 is 6.09 Å². The Balaban J connectivity index is 1.29. The van der Waals surface area contributed by atoms with E-state index in [4.69, 9.17) is 14.5 Å². The van der Waals surface area contributed by atoms with Gasteiger partial charge in [0.2, 0.25) is 0 Å². The Morgan fingerprint density at radius 3 is 2.68 bits per heavy atom. The standard InChI is InChI=1S/C33H45FN4O3/c1-22(2)29-27-11-10-26(34)21-25(27)12-13-33(29,41-32(39)38-17-19-40-20-18-38)14-16-37(5)15-6-7-28-35-30-23(3)8-9-24(4)31(30)36-28/h8-11,21-22,29H,6-7,12-20H2,1-5H3,(H,35,36)/t29?,33-/m0/s1. The summed E-state index contributed by atoms with van der Waals surface area (Å²) in [5.41, 5.74) is 6.10. The molecule has 1 fully saturated rings. The summed E-state index contributed by atoms with van der Waals surface area (Å²) < 4.78 is 26.2. The van der Waals surface area contributed by atoms with E-state index in [1.807, 2.05) is 6.07 Å². The Labute approximate surface area is 243 Å². The summed E-state index contributed by atoms with van der Waals surface area (Å²) in [7, 11) is 2.14. The lowest BCUT2D eigenvalue weighted by Gasteiger charge is -2.47. The van der Waals surface area contributed by atoms with Crippen molar-refractivity contribution in [3.63, 3.8) is 0 Å². The molecule has 3 aromatic rings. The monoisotopic (exact) mass is 564 g/mol. The molecule has 0 spiro atoms. The van der Waals surface area contributed by atoms with Crippen molar-refractivity contribution in [1.82, 2.24) is 19.8 Å². The van der Waals surface area contributed by atoms with Crippen molar-refractivity contribution < 1.29 is 18.7 Å². The third kappa shape index (κ3) is 6.44. The van der Waals surface area contributed by atoms with Crippen LogP contribution in [0.3, 0.4) is 0 Å². The highest BCUT2D eigenvalue weighted by molar-refractivity contribution is 5.81. The van der Waals surface area contributed by atoms with Gasteiger partial charge < -0.3 is 24.3 Å². The number of H-pyrrole nitrogens is 1. The number of aromatic amines is 1. The number of aromatic nitrogens is 2. The van der Waals surface area contributed by atoms with Gasteiger partial charge in [0.25, 0.3) is 0 Å². The SMILES string of the molecule is Cc1ccc(C)c2[nH]c(CCCN(C)CC[C@@]3(OC(=O)N4CCOCC4)CCc4cc(F)ccc4C3C(C)C)nc12. The summed E-state index contributed by atoms with van der Waals surface area (Å²) in [6.45, 7) is 12.5. The van der Waals surface area contributed by atoms with E-state index in [1.165, 1.54) is 11.1 Å². The van der Waals surface area contributed by atoms with E-state index >= 15 is 0 Å². The van der Waals surface area contributed by atoms with Gasteiger partial charge in [-0.3, -0.25) is 0 Å². The van der Waals surface area contributed by atoms with Crippen molar-refractivity contribution >= 4 is 17.1 Å². The van der Waals surface area contributed by atoms with E-state index in [1.54, 1.807) is 17.0 Å². The number of aryl methyl sites for hydroxylation is 4. The highest BCUT2D eigenvalue weighted by Gasteiger charge is 2.48. The molecule has 8 heteroatoms. The Morgan fingerprint density at radius 2 is 1.95 bits per heavy atom. The summed E-state index contributed by atoms with van der Waals surface area (Å²) >= 11 is 0. The molecule has 0 radical (unpaired) electrons. The van der Waals surface area contributed by atoms with Crippen LogP contribution in [-0.4, -0.2) is 77.9 Å². The van der Waals surface area contributed by atoms with Gasteiger partial charge in [-0.15, -0.1) is 0 Å². The number of rotatable bonds is 9. The van der Waals surface area contributed by atoms with E-state index in [2.05, 4.69) is 56.8 Å². The van der Waals surface area contributed by atoms with E-state index in [-0.39, 0.29) is 23.7 Å². The largest absolute Gasteiger partial charge is 0.442 e. The van der Waals surface area contributed by atoms with Crippen molar-refractivity contribution in [2.75, 3.05) is 46.4 Å². The number of halogens is 1. The Kier molecular flexibility index (Phi) is 9.00. The smallest absolute Gasteiger partial charge is 0.410 e. The lowest BCUT2D eigenvalue weighted by Crippen LogP contribution is -2.52. The molecular weight excluding hydrogens is 519 g/mol. The van der Waals surface area contributed by atoms with Crippen molar-refractivity contribution in [2.24, 2.45) is 5.92 Å². The van der Waals surface area contributed by atoms with Gasteiger partial charge in [0, 0.05) is 38.4 Å². The molecule has 1 unspecified atom stereocenters. The first-order valence-electron chi connectivity index (χ1n) is 15.1. The number of morpholine rings is 1. The maximum absolute atomic E-state index is 14.1. The average Bonchev–Trinajstić information content (AvgIpc) is 3.40. The summed E-state index contributed by atoms with van der Waals surface area (Å²) in [6, 6.07) is 9.38. The maximum Gasteiger partial charge on any atom is 0.410 e. The van der Waals surface area contributed by atoms with Crippen molar-refractivity contribution in [1.29, 1.82) is 0 Å². The van der Waals surface area contributed by atoms with Gasteiger partial charge in [0.05, 0.1) is 24.2 Å². The Bertz CT molecular complexity index is 1330. The van der Waals surface area contributed by atoms with Gasteiger partial charge in [-0.1, -0.05) is 32.0 Å². The average molecular weight is 565 g/mol. The molecule has 0 saturated carbocycles. The number of amides is 1. The van der Waals surface area contributed by atoms with Gasteiger partial charge in [-0.2, -0.15) is 0 Å². The van der Waals surface area contributed by atoms with Gasteiger partial charge in [0.1, 0.15) is 17.2 Å². The van der Waals surface area contributed by atoms with Crippen LogP contribution in [-0.2, 0) is 22.3 Å². The third-order valence-corrected chi connectivity index (χ3v) is 9.03. The molecule has 1 N–H and O–H groups in total. The number of benzene rings is 2.